The number of nitrogens with zero attached hydrogens (tertiary/aromatic N) is 2. The molecule has 8 heteroatoms. The highest BCUT2D eigenvalue weighted by molar-refractivity contribution is 7.98. The number of carbonyl (C=O) groups excluding carboxylic acids is 3. The van der Waals surface area contributed by atoms with Gasteiger partial charge in [-0.3, -0.25) is 14.4 Å². The van der Waals surface area contributed by atoms with Crippen LogP contribution in [0.1, 0.15) is 38.5 Å². The van der Waals surface area contributed by atoms with Gasteiger partial charge in [-0.1, -0.05) is 6.42 Å². The van der Waals surface area contributed by atoms with Crippen LogP contribution in [-0.2, 0) is 14.4 Å². The average molecular weight is 375 g/mol. The summed E-state index contributed by atoms with van der Waals surface area (Å²) in [6.07, 6.45) is 5.94. The topological polar surface area (TPSA) is 95.7 Å². The van der Waals surface area contributed by atoms with Crippen molar-refractivity contribution in [2.45, 2.75) is 44.6 Å². The van der Waals surface area contributed by atoms with E-state index in [0.29, 0.717) is 13.0 Å². The minimum atomic E-state index is -0.837. The number of amides is 3. The van der Waals surface area contributed by atoms with Crippen LogP contribution < -0.4 is 11.1 Å². The molecule has 0 spiro atoms. The fraction of sp³-hybridized carbons (Fsp3) is 0.824. The molecule has 0 fully saturated rings. The van der Waals surface area contributed by atoms with Gasteiger partial charge in [0.2, 0.25) is 17.7 Å². The van der Waals surface area contributed by atoms with Gasteiger partial charge in [-0.2, -0.15) is 11.8 Å². The van der Waals surface area contributed by atoms with Crippen LogP contribution in [0.15, 0.2) is 0 Å². The zero-order valence-corrected chi connectivity index (χ0v) is 16.9. The molecule has 0 aliphatic rings. The molecule has 0 heterocycles. The molecule has 0 aliphatic carbocycles. The monoisotopic (exact) mass is 374 g/mol. The van der Waals surface area contributed by atoms with Gasteiger partial charge in [0.1, 0.15) is 6.04 Å². The van der Waals surface area contributed by atoms with Gasteiger partial charge in [0.15, 0.2) is 0 Å². The number of likely N-dealkylation sites (N-methyl/N-ethyl adjacent to an activating group) is 1. The normalized spacial score (nSPS) is 12.0. The SMILES string of the molecule is CSCCCCCC(=O)N(C)C(CC(N)=O)C(=O)NCCCN(C)C. The Bertz CT molecular complexity index is 419. The third kappa shape index (κ3) is 11.8. The number of thioether (sulfide) groups is 1. The molecule has 3 amide bonds. The number of carbonyl (C=O) groups is 3. The Morgan fingerprint density at radius 1 is 1.08 bits per heavy atom. The molecule has 0 aliphatic heterocycles. The van der Waals surface area contributed by atoms with Crippen molar-refractivity contribution in [1.82, 2.24) is 15.1 Å². The second-order valence-corrected chi connectivity index (χ2v) is 7.43. The minimum absolute atomic E-state index is 0.126. The van der Waals surface area contributed by atoms with Crippen LogP contribution in [0.5, 0.6) is 0 Å². The number of unbranched alkanes of at least 4 members (excludes halogenated alkanes) is 2. The summed E-state index contributed by atoms with van der Waals surface area (Å²) in [5.41, 5.74) is 5.25. The van der Waals surface area contributed by atoms with Gasteiger partial charge in [0.05, 0.1) is 6.42 Å². The number of rotatable bonds is 14. The molecular weight excluding hydrogens is 340 g/mol. The van der Waals surface area contributed by atoms with Crippen molar-refractivity contribution in [1.29, 1.82) is 0 Å². The summed E-state index contributed by atoms with van der Waals surface area (Å²) in [4.78, 5) is 39.3. The quantitative estimate of drug-likeness (QED) is 0.436. The minimum Gasteiger partial charge on any atom is -0.370 e. The molecule has 0 aromatic rings. The summed E-state index contributed by atoms with van der Waals surface area (Å²) in [5, 5.41) is 2.79. The predicted octanol–water partition coefficient (Wildman–Crippen LogP) is 0.680. The Morgan fingerprint density at radius 2 is 1.76 bits per heavy atom. The van der Waals surface area contributed by atoms with E-state index >= 15 is 0 Å². The van der Waals surface area contributed by atoms with Gasteiger partial charge in [0, 0.05) is 20.0 Å². The van der Waals surface area contributed by atoms with E-state index in [-0.39, 0.29) is 18.2 Å². The van der Waals surface area contributed by atoms with Crippen molar-refractivity contribution < 1.29 is 14.4 Å². The molecule has 0 aromatic heterocycles. The van der Waals surface area contributed by atoms with Crippen LogP contribution in [0.3, 0.4) is 0 Å². The summed E-state index contributed by atoms with van der Waals surface area (Å²) in [7, 11) is 5.49. The van der Waals surface area contributed by atoms with E-state index in [1.165, 1.54) is 4.90 Å². The van der Waals surface area contributed by atoms with Crippen LogP contribution in [0, 0.1) is 0 Å². The molecule has 1 unspecified atom stereocenters. The smallest absolute Gasteiger partial charge is 0.243 e. The third-order valence-corrected chi connectivity index (χ3v) is 4.58. The summed E-state index contributed by atoms with van der Waals surface area (Å²) in [6.45, 7) is 1.36. The lowest BCUT2D eigenvalue weighted by Crippen LogP contribution is -2.49. The zero-order chi connectivity index (χ0) is 19.2. The number of nitrogens with one attached hydrogen (secondary N) is 1. The largest absolute Gasteiger partial charge is 0.370 e. The molecule has 3 N–H and O–H groups in total. The average Bonchev–Trinajstić information content (AvgIpc) is 2.55. The van der Waals surface area contributed by atoms with Crippen LogP contribution in [0.4, 0.5) is 0 Å². The van der Waals surface area contributed by atoms with Crippen molar-refractivity contribution in [3.8, 4) is 0 Å². The number of hydrogen-bond acceptors (Lipinski definition) is 5. The van der Waals surface area contributed by atoms with Gasteiger partial charge in [-0.25, -0.2) is 0 Å². The van der Waals surface area contributed by atoms with Crippen LogP contribution >= 0.6 is 11.8 Å². The first-order valence-corrected chi connectivity index (χ1v) is 10.1. The predicted molar refractivity (Wildman–Crippen MR) is 103 cm³/mol. The summed E-state index contributed by atoms with van der Waals surface area (Å²) >= 11 is 1.79. The molecule has 146 valence electrons. The van der Waals surface area contributed by atoms with E-state index in [1.54, 1.807) is 18.8 Å². The van der Waals surface area contributed by atoms with E-state index in [2.05, 4.69) is 11.6 Å². The fourth-order valence-electron chi connectivity index (χ4n) is 2.37. The molecule has 0 rings (SSSR count). The summed E-state index contributed by atoms with van der Waals surface area (Å²) in [6, 6.07) is -0.837. The number of nitrogens with two attached hydrogens (primary N) is 1. The lowest BCUT2D eigenvalue weighted by molar-refractivity contribution is -0.140. The highest BCUT2D eigenvalue weighted by atomic mass is 32.2. The zero-order valence-electron chi connectivity index (χ0n) is 16.0. The van der Waals surface area contributed by atoms with E-state index in [1.807, 2.05) is 19.0 Å². The van der Waals surface area contributed by atoms with Crippen molar-refractivity contribution in [3.63, 3.8) is 0 Å². The van der Waals surface area contributed by atoms with Gasteiger partial charge in [-0.05, 0) is 51.9 Å². The highest BCUT2D eigenvalue weighted by Gasteiger charge is 2.27. The van der Waals surface area contributed by atoms with Crippen LogP contribution in [0.2, 0.25) is 0 Å². The maximum Gasteiger partial charge on any atom is 0.243 e. The van der Waals surface area contributed by atoms with E-state index < -0.39 is 11.9 Å². The lowest BCUT2D eigenvalue weighted by Gasteiger charge is -2.26. The van der Waals surface area contributed by atoms with E-state index in [9.17, 15) is 14.4 Å². The Morgan fingerprint density at radius 3 is 2.32 bits per heavy atom. The maximum atomic E-state index is 12.4. The van der Waals surface area contributed by atoms with Gasteiger partial charge >= 0.3 is 0 Å². The first kappa shape index (κ1) is 23.7. The first-order chi connectivity index (χ1) is 11.8. The molecule has 7 nitrogen and oxygen atoms in total. The fourth-order valence-corrected chi connectivity index (χ4v) is 2.86. The molecule has 0 saturated carbocycles. The van der Waals surface area contributed by atoms with Crippen LogP contribution in [0.25, 0.3) is 0 Å². The van der Waals surface area contributed by atoms with Crippen molar-refractivity contribution in [2.24, 2.45) is 5.73 Å². The molecule has 0 radical (unpaired) electrons. The Labute approximate surface area is 156 Å². The van der Waals surface area contributed by atoms with Gasteiger partial charge in [0.25, 0.3) is 0 Å². The lowest BCUT2D eigenvalue weighted by atomic mass is 10.1. The van der Waals surface area contributed by atoms with Crippen molar-refractivity contribution >= 4 is 29.5 Å². The molecule has 25 heavy (non-hydrogen) atoms. The molecule has 0 aromatic carbocycles. The van der Waals surface area contributed by atoms with Crippen LogP contribution in [-0.4, -0.2) is 79.8 Å². The van der Waals surface area contributed by atoms with Crippen molar-refractivity contribution in [3.05, 3.63) is 0 Å². The van der Waals surface area contributed by atoms with E-state index in [4.69, 9.17) is 5.73 Å². The van der Waals surface area contributed by atoms with Gasteiger partial charge in [-0.15, -0.1) is 0 Å². The molecule has 0 saturated heterocycles. The standard InChI is InChI=1S/C17H34N4O3S/c1-20(2)11-8-10-19-17(24)14(13-15(18)22)21(3)16(23)9-6-5-7-12-25-4/h14H,5-13H2,1-4H3,(H2,18,22)(H,19,24). The molecule has 0 bridgehead atoms. The Hall–Kier alpha value is -1.28. The number of primary amides is 1. The van der Waals surface area contributed by atoms with E-state index in [0.717, 1.165) is 38.0 Å². The number of hydrogen-bond donors (Lipinski definition) is 2. The summed E-state index contributed by atoms with van der Waals surface area (Å²) < 4.78 is 0. The Balaban J connectivity index is 4.48. The second-order valence-electron chi connectivity index (χ2n) is 6.44. The summed E-state index contributed by atoms with van der Waals surface area (Å²) in [5.74, 6) is 0.0478. The highest BCUT2D eigenvalue weighted by Crippen LogP contribution is 2.10. The third-order valence-electron chi connectivity index (χ3n) is 3.88. The first-order valence-electron chi connectivity index (χ1n) is 8.75. The maximum absolute atomic E-state index is 12.4. The van der Waals surface area contributed by atoms with Crippen molar-refractivity contribution in [2.75, 3.05) is 46.2 Å². The van der Waals surface area contributed by atoms with Gasteiger partial charge < -0.3 is 20.9 Å². The molecule has 1 atom stereocenters. The Kier molecular flexibility index (Phi) is 13.2. The molecular formula is C17H34N4O3S. The second kappa shape index (κ2) is 13.9.